The van der Waals surface area contributed by atoms with Crippen molar-refractivity contribution in [3.05, 3.63) is 51.5 Å². The second kappa shape index (κ2) is 8.52. The van der Waals surface area contributed by atoms with Crippen LogP contribution in [0.5, 0.6) is 0 Å². The SMILES string of the molecule is CC(CN(C)C(=O)NCc1nc2c(s1)CC(c1ccccc1)CC2)C(=O)O. The van der Waals surface area contributed by atoms with E-state index in [1.54, 1.807) is 25.3 Å². The van der Waals surface area contributed by atoms with Crippen LogP contribution in [0.1, 0.15) is 40.4 Å². The number of nitrogens with one attached hydrogen (secondary N) is 1. The largest absolute Gasteiger partial charge is 0.481 e. The lowest BCUT2D eigenvalue weighted by Gasteiger charge is -2.21. The van der Waals surface area contributed by atoms with Gasteiger partial charge in [0.05, 0.1) is 18.2 Å². The molecular weight excluding hydrogens is 362 g/mol. The molecule has 2 amide bonds. The van der Waals surface area contributed by atoms with E-state index in [-0.39, 0.29) is 12.6 Å². The number of carbonyl (C=O) groups is 2. The number of carboxylic acid groups (broad SMARTS) is 1. The van der Waals surface area contributed by atoms with E-state index in [9.17, 15) is 9.59 Å². The van der Waals surface area contributed by atoms with Gasteiger partial charge in [0.2, 0.25) is 0 Å². The molecule has 7 heteroatoms. The van der Waals surface area contributed by atoms with Gasteiger partial charge in [-0.25, -0.2) is 9.78 Å². The molecule has 2 aromatic rings. The number of aryl methyl sites for hydroxylation is 1. The fourth-order valence-electron chi connectivity index (χ4n) is 3.37. The van der Waals surface area contributed by atoms with Crippen LogP contribution in [-0.2, 0) is 24.2 Å². The number of amides is 2. The van der Waals surface area contributed by atoms with Crippen molar-refractivity contribution < 1.29 is 14.7 Å². The topological polar surface area (TPSA) is 82.5 Å². The molecule has 6 nitrogen and oxygen atoms in total. The Bertz CT molecular complexity index is 806. The Kier molecular flexibility index (Phi) is 6.11. The first-order valence-corrected chi connectivity index (χ1v) is 10.00. The van der Waals surface area contributed by atoms with Gasteiger partial charge in [0, 0.05) is 18.5 Å². The van der Waals surface area contributed by atoms with Crippen LogP contribution in [0.25, 0.3) is 0 Å². The number of rotatable bonds is 6. The summed E-state index contributed by atoms with van der Waals surface area (Å²) in [5, 5.41) is 12.7. The standard InChI is InChI=1S/C20H25N3O3S/c1-13(19(24)25)12-23(2)20(26)21-11-18-22-16-9-8-15(10-17(16)27-18)14-6-4-3-5-7-14/h3-7,13,15H,8-12H2,1-2H3,(H,21,26)(H,24,25). The number of carbonyl (C=O) groups excluding carboxylic acids is 1. The maximum atomic E-state index is 12.2. The number of nitrogens with zero attached hydrogens (tertiary/aromatic N) is 2. The summed E-state index contributed by atoms with van der Waals surface area (Å²) in [5.74, 6) is -0.969. The molecule has 0 bridgehead atoms. The van der Waals surface area contributed by atoms with Crippen LogP contribution in [0.2, 0.25) is 0 Å². The van der Waals surface area contributed by atoms with Crippen molar-refractivity contribution in [2.24, 2.45) is 5.92 Å². The molecule has 1 aliphatic rings. The van der Waals surface area contributed by atoms with Crippen LogP contribution in [0, 0.1) is 5.92 Å². The Labute approximate surface area is 163 Å². The van der Waals surface area contributed by atoms with E-state index in [2.05, 4.69) is 29.6 Å². The Balaban J connectivity index is 1.55. The van der Waals surface area contributed by atoms with E-state index in [0.717, 1.165) is 30.0 Å². The molecule has 0 spiro atoms. The van der Waals surface area contributed by atoms with Crippen molar-refractivity contribution in [2.75, 3.05) is 13.6 Å². The lowest BCUT2D eigenvalue weighted by Crippen LogP contribution is -2.40. The molecule has 0 fully saturated rings. The van der Waals surface area contributed by atoms with Crippen LogP contribution in [0.3, 0.4) is 0 Å². The maximum absolute atomic E-state index is 12.2. The first kappa shape index (κ1) is 19.4. The van der Waals surface area contributed by atoms with Crippen molar-refractivity contribution >= 4 is 23.3 Å². The van der Waals surface area contributed by atoms with Crippen LogP contribution in [-0.4, -0.2) is 40.6 Å². The molecule has 1 heterocycles. The summed E-state index contributed by atoms with van der Waals surface area (Å²) in [5.41, 5.74) is 2.53. The molecule has 0 radical (unpaired) electrons. The molecule has 3 rings (SSSR count). The highest BCUT2D eigenvalue weighted by atomic mass is 32.1. The van der Waals surface area contributed by atoms with Crippen LogP contribution >= 0.6 is 11.3 Å². The highest BCUT2D eigenvalue weighted by Gasteiger charge is 2.24. The van der Waals surface area contributed by atoms with Crippen LogP contribution in [0.15, 0.2) is 30.3 Å². The minimum absolute atomic E-state index is 0.175. The van der Waals surface area contributed by atoms with Crippen molar-refractivity contribution in [3.8, 4) is 0 Å². The Hall–Kier alpha value is -2.41. The number of thiazole rings is 1. The molecular formula is C20H25N3O3S. The molecule has 144 valence electrons. The minimum Gasteiger partial charge on any atom is -0.481 e. The molecule has 1 aromatic carbocycles. The first-order valence-electron chi connectivity index (χ1n) is 9.18. The number of carboxylic acids is 1. The van der Waals surface area contributed by atoms with E-state index in [1.807, 2.05) is 6.07 Å². The molecule has 0 aliphatic heterocycles. The molecule has 0 saturated heterocycles. The summed E-state index contributed by atoms with van der Waals surface area (Å²) < 4.78 is 0. The van der Waals surface area contributed by atoms with Gasteiger partial charge >= 0.3 is 12.0 Å². The summed E-state index contributed by atoms with van der Waals surface area (Å²) >= 11 is 1.67. The van der Waals surface area contributed by atoms with E-state index < -0.39 is 11.9 Å². The summed E-state index contributed by atoms with van der Waals surface area (Å²) in [6.45, 7) is 2.14. The maximum Gasteiger partial charge on any atom is 0.317 e. The molecule has 2 unspecified atom stereocenters. The smallest absolute Gasteiger partial charge is 0.317 e. The second-order valence-corrected chi connectivity index (χ2v) is 8.27. The molecule has 1 aromatic heterocycles. The fraction of sp³-hybridized carbons (Fsp3) is 0.450. The van der Waals surface area contributed by atoms with Crippen molar-refractivity contribution in [1.29, 1.82) is 0 Å². The number of hydrogen-bond donors (Lipinski definition) is 2. The van der Waals surface area contributed by atoms with Gasteiger partial charge in [-0.05, 0) is 30.7 Å². The number of urea groups is 1. The zero-order valence-electron chi connectivity index (χ0n) is 15.6. The molecule has 1 aliphatic carbocycles. The number of fused-ring (bicyclic) bond motifs is 1. The number of aromatic nitrogens is 1. The highest BCUT2D eigenvalue weighted by molar-refractivity contribution is 7.11. The number of benzene rings is 1. The lowest BCUT2D eigenvalue weighted by atomic mass is 9.85. The van der Waals surface area contributed by atoms with Crippen molar-refractivity contribution in [3.63, 3.8) is 0 Å². The van der Waals surface area contributed by atoms with Gasteiger partial charge in [-0.3, -0.25) is 4.79 Å². The first-order chi connectivity index (χ1) is 12.9. The third kappa shape index (κ3) is 4.86. The zero-order chi connectivity index (χ0) is 19.4. The Morgan fingerprint density at radius 1 is 1.37 bits per heavy atom. The summed E-state index contributed by atoms with van der Waals surface area (Å²) in [6.07, 6.45) is 3.07. The van der Waals surface area contributed by atoms with Gasteiger partial charge in [-0.2, -0.15) is 0 Å². The van der Waals surface area contributed by atoms with E-state index in [1.165, 1.54) is 15.3 Å². The monoisotopic (exact) mass is 387 g/mol. The van der Waals surface area contributed by atoms with Gasteiger partial charge in [0.15, 0.2) is 0 Å². The second-order valence-electron chi connectivity index (χ2n) is 7.11. The average Bonchev–Trinajstić information content (AvgIpc) is 3.08. The normalized spacial score (nSPS) is 17.0. The molecule has 0 saturated carbocycles. The Morgan fingerprint density at radius 3 is 2.81 bits per heavy atom. The van der Waals surface area contributed by atoms with Gasteiger partial charge in [-0.1, -0.05) is 37.3 Å². The predicted molar refractivity (Wildman–Crippen MR) is 105 cm³/mol. The number of aliphatic carboxylic acids is 1. The summed E-state index contributed by atoms with van der Waals surface area (Å²) in [7, 11) is 1.60. The van der Waals surface area contributed by atoms with Crippen LogP contribution in [0.4, 0.5) is 4.79 Å². The third-order valence-corrected chi connectivity index (χ3v) is 6.08. The molecule has 2 N–H and O–H groups in total. The third-order valence-electron chi connectivity index (χ3n) is 4.96. The number of hydrogen-bond acceptors (Lipinski definition) is 4. The van der Waals surface area contributed by atoms with Crippen molar-refractivity contribution in [1.82, 2.24) is 15.2 Å². The molecule has 27 heavy (non-hydrogen) atoms. The van der Waals surface area contributed by atoms with Crippen LogP contribution < -0.4 is 5.32 Å². The van der Waals surface area contributed by atoms with Crippen molar-refractivity contribution in [2.45, 2.75) is 38.6 Å². The highest BCUT2D eigenvalue weighted by Crippen LogP contribution is 2.35. The molecule has 2 atom stereocenters. The van der Waals surface area contributed by atoms with Gasteiger partial charge in [0.25, 0.3) is 0 Å². The van der Waals surface area contributed by atoms with Gasteiger partial charge < -0.3 is 15.3 Å². The summed E-state index contributed by atoms with van der Waals surface area (Å²) in [6, 6.07) is 10.3. The lowest BCUT2D eigenvalue weighted by molar-refractivity contribution is -0.141. The van der Waals surface area contributed by atoms with Gasteiger partial charge in [-0.15, -0.1) is 11.3 Å². The quantitative estimate of drug-likeness (QED) is 0.797. The minimum atomic E-state index is -0.907. The van der Waals surface area contributed by atoms with Gasteiger partial charge in [0.1, 0.15) is 5.01 Å². The van der Waals surface area contributed by atoms with E-state index in [0.29, 0.717) is 12.5 Å². The summed E-state index contributed by atoms with van der Waals surface area (Å²) in [4.78, 5) is 30.5. The van der Waals surface area contributed by atoms with E-state index in [4.69, 9.17) is 10.1 Å². The Morgan fingerprint density at radius 2 is 2.11 bits per heavy atom. The fourth-order valence-corrected chi connectivity index (χ4v) is 4.51. The zero-order valence-corrected chi connectivity index (χ0v) is 16.5. The van der Waals surface area contributed by atoms with E-state index >= 15 is 0 Å². The average molecular weight is 388 g/mol. The predicted octanol–water partition coefficient (Wildman–Crippen LogP) is 3.28.